The predicted molar refractivity (Wildman–Crippen MR) is 255 cm³/mol. The Balaban J connectivity index is 0.817. The Morgan fingerprint density at radius 2 is 1.69 bits per heavy atom. The van der Waals surface area contributed by atoms with Crippen LogP contribution in [0.2, 0.25) is 0 Å². The standard InChI is InChI=1S/C47H58N14O6S/c1-28(2)43(46(65)60-23-37(62)17-39(60)45(64)51-30(5)32-8-10-33(11-9-32)44-31(6)50-27-68-44)61-22-35(54-55-61)21-57-12-14-58(15-13-57)26-42(63)53-40-25-59-24-38(49-20-41(59)52-40)34-16-36(19-48-18-34)56(7)47(66)67-29(3)4/h8-11,16,18-20,22,24-25,27-30,37,39,43,62H,12-15,17,21,23,26H2,1-7H3,(H,51,64)(H,53,63)/t30-,37+,39-,43-/m0/s1. The van der Waals surface area contributed by atoms with Crippen molar-refractivity contribution >= 4 is 52.3 Å². The van der Waals surface area contributed by atoms with Crippen LogP contribution in [0.1, 0.15) is 70.1 Å². The zero-order valence-corrected chi connectivity index (χ0v) is 40.1. The third-order valence-electron chi connectivity index (χ3n) is 12.2. The van der Waals surface area contributed by atoms with Crippen molar-refractivity contribution in [2.75, 3.05) is 56.5 Å². The summed E-state index contributed by atoms with van der Waals surface area (Å²) in [7, 11) is 1.62. The van der Waals surface area contributed by atoms with Gasteiger partial charge in [0.25, 0.3) is 0 Å². The third-order valence-corrected chi connectivity index (χ3v) is 13.2. The highest BCUT2D eigenvalue weighted by Crippen LogP contribution is 2.30. The van der Waals surface area contributed by atoms with Crippen LogP contribution >= 0.6 is 11.3 Å². The summed E-state index contributed by atoms with van der Waals surface area (Å²) in [4.78, 5) is 79.6. The van der Waals surface area contributed by atoms with Gasteiger partial charge in [-0.05, 0) is 50.8 Å². The Kier molecular flexibility index (Phi) is 14.5. The fourth-order valence-electron chi connectivity index (χ4n) is 8.56. The molecule has 21 heteroatoms. The maximum atomic E-state index is 14.3. The number of rotatable bonds is 15. The third kappa shape index (κ3) is 11.0. The molecule has 2 aliphatic heterocycles. The average Bonchev–Trinajstić information content (AvgIpc) is 4.13. The number of pyridine rings is 1. The molecule has 7 heterocycles. The number of nitrogens with one attached hydrogen (secondary N) is 2. The van der Waals surface area contributed by atoms with Crippen molar-refractivity contribution in [1.82, 2.24) is 59.3 Å². The second kappa shape index (κ2) is 20.7. The Morgan fingerprint density at radius 1 is 0.941 bits per heavy atom. The highest BCUT2D eigenvalue weighted by atomic mass is 32.1. The Hall–Kier alpha value is -6.68. The van der Waals surface area contributed by atoms with Gasteiger partial charge < -0.3 is 29.8 Å². The van der Waals surface area contributed by atoms with Crippen LogP contribution < -0.4 is 15.5 Å². The molecule has 0 bridgehead atoms. The number of likely N-dealkylation sites (tertiary alicyclic amines) is 1. The van der Waals surface area contributed by atoms with Crippen molar-refractivity contribution in [2.24, 2.45) is 5.92 Å². The van der Waals surface area contributed by atoms with Crippen molar-refractivity contribution < 1.29 is 29.0 Å². The van der Waals surface area contributed by atoms with E-state index >= 15 is 0 Å². The number of aryl methyl sites for hydroxylation is 1. The van der Waals surface area contributed by atoms with Gasteiger partial charge in [-0.2, -0.15) is 0 Å². The van der Waals surface area contributed by atoms with Crippen LogP contribution in [0, 0.1) is 12.8 Å². The van der Waals surface area contributed by atoms with E-state index in [1.807, 2.05) is 57.5 Å². The molecule has 2 saturated heterocycles. The van der Waals surface area contributed by atoms with Crippen LogP contribution in [0.4, 0.5) is 16.3 Å². The second-order valence-corrected chi connectivity index (χ2v) is 18.9. The first-order chi connectivity index (χ1) is 32.6. The Labute approximate surface area is 398 Å². The average molecular weight is 947 g/mol. The lowest BCUT2D eigenvalue weighted by Gasteiger charge is -2.33. The number of ether oxygens (including phenoxy) is 1. The van der Waals surface area contributed by atoms with Crippen LogP contribution in [0.5, 0.6) is 0 Å². The SMILES string of the molecule is Cc1ncsc1-c1ccc([C@H](C)NC(=O)[C@@H]2C[C@@H](O)CN2C(=O)[C@H](C(C)C)n2cc(CN3CCN(CC(=O)Nc4cn5cc(-c6cncc(N(C)C(=O)OC(C)C)c6)ncc5n4)CC3)nn2)cc1. The largest absolute Gasteiger partial charge is 0.446 e. The summed E-state index contributed by atoms with van der Waals surface area (Å²) in [6.45, 7) is 14.8. The molecule has 4 atom stereocenters. The molecule has 2 aliphatic rings. The van der Waals surface area contributed by atoms with E-state index < -0.39 is 24.3 Å². The highest BCUT2D eigenvalue weighted by Gasteiger charge is 2.43. The van der Waals surface area contributed by atoms with E-state index in [-0.39, 0.29) is 55.3 Å². The van der Waals surface area contributed by atoms with E-state index in [0.29, 0.717) is 66.8 Å². The van der Waals surface area contributed by atoms with Crippen LogP contribution in [0.3, 0.4) is 0 Å². The van der Waals surface area contributed by atoms with E-state index in [1.165, 1.54) is 9.80 Å². The molecular formula is C47H58N14O6S. The van der Waals surface area contributed by atoms with E-state index in [1.54, 1.807) is 84.6 Å². The first-order valence-electron chi connectivity index (χ1n) is 22.8. The number of hydrogen-bond acceptors (Lipinski definition) is 15. The number of aromatic nitrogens is 8. The highest BCUT2D eigenvalue weighted by molar-refractivity contribution is 7.13. The first-order valence-corrected chi connectivity index (χ1v) is 23.7. The van der Waals surface area contributed by atoms with Gasteiger partial charge >= 0.3 is 6.09 Å². The van der Waals surface area contributed by atoms with Gasteiger partial charge in [-0.15, -0.1) is 16.4 Å². The molecule has 8 rings (SSSR count). The summed E-state index contributed by atoms with van der Waals surface area (Å²) in [5.74, 6) is -0.591. The van der Waals surface area contributed by atoms with E-state index in [9.17, 15) is 24.3 Å². The number of imidazole rings is 1. The number of piperazine rings is 1. The lowest BCUT2D eigenvalue weighted by molar-refractivity contribution is -0.142. The molecule has 0 unspecified atom stereocenters. The van der Waals surface area contributed by atoms with Crippen LogP contribution in [0.25, 0.3) is 27.3 Å². The number of thiazole rings is 1. The lowest BCUT2D eigenvalue weighted by Crippen LogP contribution is -2.49. The summed E-state index contributed by atoms with van der Waals surface area (Å²) in [6, 6.07) is 7.92. The van der Waals surface area contributed by atoms with E-state index in [4.69, 9.17) is 4.74 Å². The molecule has 20 nitrogen and oxygen atoms in total. The second-order valence-electron chi connectivity index (χ2n) is 18.1. The minimum atomic E-state index is -0.835. The molecule has 0 aliphatic carbocycles. The van der Waals surface area contributed by atoms with Crippen molar-refractivity contribution in [3.8, 4) is 21.7 Å². The fourth-order valence-corrected chi connectivity index (χ4v) is 9.37. The first kappa shape index (κ1) is 47.8. The fraction of sp³-hybridized carbons (Fsp3) is 0.447. The zero-order chi connectivity index (χ0) is 48.2. The van der Waals surface area contributed by atoms with Gasteiger partial charge in [0, 0.05) is 70.7 Å². The molecule has 0 radical (unpaired) electrons. The number of amides is 4. The molecule has 6 aromatic rings. The summed E-state index contributed by atoms with van der Waals surface area (Å²) in [5, 5.41) is 25.5. The zero-order valence-electron chi connectivity index (χ0n) is 39.3. The van der Waals surface area contributed by atoms with Gasteiger partial charge in [-0.1, -0.05) is 43.3 Å². The van der Waals surface area contributed by atoms with Crippen molar-refractivity contribution in [1.29, 1.82) is 0 Å². The van der Waals surface area contributed by atoms with E-state index in [2.05, 4.69) is 50.7 Å². The van der Waals surface area contributed by atoms with Gasteiger partial charge in [0.1, 0.15) is 12.1 Å². The Morgan fingerprint density at radius 3 is 2.40 bits per heavy atom. The maximum Gasteiger partial charge on any atom is 0.414 e. The summed E-state index contributed by atoms with van der Waals surface area (Å²) >= 11 is 1.58. The van der Waals surface area contributed by atoms with E-state index in [0.717, 1.165) is 21.7 Å². The minimum Gasteiger partial charge on any atom is -0.446 e. The summed E-state index contributed by atoms with van der Waals surface area (Å²) < 4.78 is 8.66. The van der Waals surface area contributed by atoms with Crippen LogP contribution in [0.15, 0.2) is 73.0 Å². The number of carbonyl (C=O) groups excluding carboxylic acids is 4. The molecule has 358 valence electrons. The number of β-amino-alcohol motifs (C(OH)–C–C–N with tert-alkyl or cyclic N) is 1. The molecule has 0 saturated carbocycles. The van der Waals surface area contributed by atoms with Gasteiger partial charge in [0.15, 0.2) is 11.5 Å². The molecule has 1 aromatic carbocycles. The number of anilines is 2. The van der Waals surface area contributed by atoms with Crippen molar-refractivity contribution in [2.45, 2.75) is 84.8 Å². The predicted octanol–water partition coefficient (Wildman–Crippen LogP) is 4.59. The van der Waals surface area contributed by atoms with Gasteiger partial charge in [-0.25, -0.2) is 19.4 Å². The quantitative estimate of drug-likeness (QED) is 0.128. The number of carbonyl (C=O) groups is 4. The molecule has 4 amide bonds. The topological polar surface area (TPSA) is 221 Å². The number of fused-ring (bicyclic) bond motifs is 1. The van der Waals surface area contributed by atoms with Crippen LogP contribution in [-0.4, -0.2) is 148 Å². The number of aliphatic hydroxyl groups is 1. The summed E-state index contributed by atoms with van der Waals surface area (Å²) in [6.07, 6.45) is 8.70. The maximum absolute atomic E-state index is 14.3. The molecule has 2 fully saturated rings. The smallest absolute Gasteiger partial charge is 0.414 e. The van der Waals surface area contributed by atoms with Crippen molar-refractivity contribution in [3.05, 3.63) is 90.0 Å². The van der Waals surface area contributed by atoms with Gasteiger partial charge in [0.05, 0.1) is 82.7 Å². The number of hydrogen-bond donors (Lipinski definition) is 3. The normalized spacial score (nSPS) is 17.7. The van der Waals surface area contributed by atoms with Crippen LogP contribution in [-0.2, 0) is 25.7 Å². The van der Waals surface area contributed by atoms with Crippen molar-refractivity contribution in [3.63, 3.8) is 0 Å². The molecular weight excluding hydrogens is 889 g/mol. The monoisotopic (exact) mass is 946 g/mol. The molecule has 5 aromatic heterocycles. The van der Waals surface area contributed by atoms with Gasteiger partial charge in [0.2, 0.25) is 17.7 Å². The molecule has 68 heavy (non-hydrogen) atoms. The number of nitrogens with zero attached hydrogens (tertiary/aromatic N) is 12. The Bertz CT molecular complexity index is 2750. The van der Waals surface area contributed by atoms with Gasteiger partial charge in [-0.3, -0.25) is 39.1 Å². The lowest BCUT2D eigenvalue weighted by atomic mass is 10.0. The minimum absolute atomic E-state index is 0.0475. The summed E-state index contributed by atoms with van der Waals surface area (Å²) in [5.41, 5.74) is 7.87. The molecule has 3 N–H and O–H groups in total. The molecule has 0 spiro atoms. The number of aliphatic hydroxyl groups excluding tert-OH is 1. The number of benzene rings is 1.